The van der Waals surface area contributed by atoms with Gasteiger partial charge in [0, 0.05) is 17.9 Å². The fourth-order valence-electron chi connectivity index (χ4n) is 1.79. The summed E-state index contributed by atoms with van der Waals surface area (Å²) in [7, 11) is 0. The summed E-state index contributed by atoms with van der Waals surface area (Å²) in [5.41, 5.74) is 3.18. The number of hydrogen-bond donors (Lipinski definition) is 2. The van der Waals surface area contributed by atoms with Gasteiger partial charge in [-0.1, -0.05) is 35.9 Å². The van der Waals surface area contributed by atoms with Crippen molar-refractivity contribution in [2.75, 3.05) is 5.32 Å². The van der Waals surface area contributed by atoms with Gasteiger partial charge in [-0.25, -0.2) is 9.82 Å². The van der Waals surface area contributed by atoms with Gasteiger partial charge in [0.05, 0.1) is 11.9 Å². The van der Waals surface area contributed by atoms with Crippen molar-refractivity contribution in [3.05, 3.63) is 64.9 Å². The zero-order valence-corrected chi connectivity index (χ0v) is 13.4. The highest BCUT2D eigenvalue weighted by Crippen LogP contribution is 2.12. The van der Waals surface area contributed by atoms with Gasteiger partial charge in [0.25, 0.3) is 0 Å². The van der Waals surface area contributed by atoms with Crippen LogP contribution in [0.25, 0.3) is 0 Å². The van der Waals surface area contributed by atoms with Crippen LogP contribution < -0.4 is 10.7 Å². The molecule has 5 nitrogen and oxygen atoms in total. The normalized spacial score (nSPS) is 10.6. The predicted octanol–water partition coefficient (Wildman–Crippen LogP) is 3.35. The summed E-state index contributed by atoms with van der Waals surface area (Å²) in [5.74, 6) is -1.39. The molecule has 2 aromatic carbocycles. The minimum absolute atomic E-state index is 0.0573. The third-order valence-electron chi connectivity index (χ3n) is 3.00. The number of nitrogens with one attached hydrogen (secondary N) is 2. The Balaban J connectivity index is 1.73. The summed E-state index contributed by atoms with van der Waals surface area (Å²) < 4.78 is 13.4. The van der Waals surface area contributed by atoms with Crippen molar-refractivity contribution in [3.63, 3.8) is 0 Å². The van der Waals surface area contributed by atoms with Crippen LogP contribution in [0.5, 0.6) is 0 Å². The Morgan fingerprint density at radius 1 is 1.04 bits per heavy atom. The van der Waals surface area contributed by atoms with E-state index in [-0.39, 0.29) is 18.5 Å². The fourth-order valence-corrected chi connectivity index (χ4v) is 1.91. The van der Waals surface area contributed by atoms with E-state index in [9.17, 15) is 14.0 Å². The lowest BCUT2D eigenvalue weighted by atomic mass is 10.2. The Labute approximate surface area is 143 Å². The van der Waals surface area contributed by atoms with Crippen LogP contribution in [0, 0.1) is 5.82 Å². The van der Waals surface area contributed by atoms with Gasteiger partial charge < -0.3 is 5.32 Å². The van der Waals surface area contributed by atoms with Crippen LogP contribution in [-0.4, -0.2) is 18.0 Å². The van der Waals surface area contributed by atoms with E-state index in [1.807, 2.05) is 0 Å². The van der Waals surface area contributed by atoms with Crippen LogP contribution in [0.15, 0.2) is 53.6 Å². The Morgan fingerprint density at radius 2 is 1.71 bits per heavy atom. The van der Waals surface area contributed by atoms with Gasteiger partial charge in [0.1, 0.15) is 5.82 Å². The summed E-state index contributed by atoms with van der Waals surface area (Å²) in [6.07, 6.45) is 1.34. The van der Waals surface area contributed by atoms with E-state index in [0.717, 1.165) is 5.56 Å². The van der Waals surface area contributed by atoms with Gasteiger partial charge in [0.15, 0.2) is 0 Å². The van der Waals surface area contributed by atoms with Gasteiger partial charge in [-0.05, 0) is 29.8 Å². The molecule has 2 aromatic rings. The first-order chi connectivity index (χ1) is 11.5. The summed E-state index contributed by atoms with van der Waals surface area (Å²) in [4.78, 5) is 23.3. The molecule has 0 fully saturated rings. The number of amides is 2. The van der Waals surface area contributed by atoms with Crippen molar-refractivity contribution in [1.82, 2.24) is 5.43 Å². The third-order valence-corrected chi connectivity index (χ3v) is 3.25. The van der Waals surface area contributed by atoms with Gasteiger partial charge >= 0.3 is 0 Å². The maximum absolute atomic E-state index is 13.4. The van der Waals surface area contributed by atoms with Crippen LogP contribution in [0.1, 0.15) is 18.4 Å². The molecule has 0 atom stereocenters. The van der Waals surface area contributed by atoms with Crippen LogP contribution in [0.4, 0.5) is 10.1 Å². The van der Waals surface area contributed by atoms with Crippen LogP contribution in [0.3, 0.4) is 0 Å². The average Bonchev–Trinajstić information content (AvgIpc) is 2.57. The van der Waals surface area contributed by atoms with E-state index < -0.39 is 17.6 Å². The third kappa shape index (κ3) is 5.81. The molecule has 7 heteroatoms. The molecule has 0 saturated carbocycles. The molecule has 0 bridgehead atoms. The first kappa shape index (κ1) is 17.6. The molecular formula is C17H15ClFN3O2. The van der Waals surface area contributed by atoms with Crippen molar-refractivity contribution < 1.29 is 14.0 Å². The Bertz CT molecular complexity index is 748. The highest BCUT2D eigenvalue weighted by atomic mass is 35.5. The SMILES string of the molecule is O=C(CCC(=O)Nc1ccccc1F)NN=Cc1ccc(Cl)cc1. The molecule has 0 heterocycles. The van der Waals surface area contributed by atoms with Gasteiger partial charge in [-0.3, -0.25) is 9.59 Å². The number of anilines is 1. The summed E-state index contributed by atoms with van der Waals surface area (Å²) >= 11 is 5.76. The molecule has 0 aliphatic rings. The molecule has 0 aliphatic heterocycles. The second-order valence-electron chi connectivity index (χ2n) is 4.87. The molecule has 2 rings (SSSR count). The van der Waals surface area contributed by atoms with Gasteiger partial charge in [-0.15, -0.1) is 0 Å². The molecule has 0 unspecified atom stereocenters. The highest BCUT2D eigenvalue weighted by Gasteiger charge is 2.08. The monoisotopic (exact) mass is 347 g/mol. The summed E-state index contributed by atoms with van der Waals surface area (Å²) in [6, 6.07) is 12.7. The van der Waals surface area contributed by atoms with Crippen molar-refractivity contribution in [1.29, 1.82) is 0 Å². The van der Waals surface area contributed by atoms with Crippen molar-refractivity contribution >= 4 is 35.3 Å². The smallest absolute Gasteiger partial charge is 0.240 e. The second-order valence-corrected chi connectivity index (χ2v) is 5.31. The molecule has 24 heavy (non-hydrogen) atoms. The minimum atomic E-state index is -0.525. The van der Waals surface area contributed by atoms with Crippen molar-refractivity contribution in [3.8, 4) is 0 Å². The van der Waals surface area contributed by atoms with E-state index in [2.05, 4.69) is 15.8 Å². The lowest BCUT2D eigenvalue weighted by molar-refractivity contribution is -0.124. The Hall–Kier alpha value is -2.73. The number of halogens is 2. The largest absolute Gasteiger partial charge is 0.324 e. The van der Waals surface area contributed by atoms with Gasteiger partial charge in [-0.2, -0.15) is 5.10 Å². The Kier molecular flexibility index (Phi) is 6.45. The minimum Gasteiger partial charge on any atom is -0.324 e. The van der Waals surface area contributed by atoms with E-state index in [1.165, 1.54) is 24.4 Å². The molecule has 2 N–H and O–H groups in total. The number of para-hydroxylation sites is 1. The number of carbonyl (C=O) groups is 2. The van der Waals surface area contributed by atoms with E-state index in [1.54, 1.807) is 30.3 Å². The highest BCUT2D eigenvalue weighted by molar-refractivity contribution is 6.30. The first-order valence-corrected chi connectivity index (χ1v) is 7.54. The van der Waals surface area contributed by atoms with Crippen molar-refractivity contribution in [2.24, 2.45) is 5.10 Å². The maximum atomic E-state index is 13.4. The van der Waals surface area contributed by atoms with Crippen LogP contribution in [-0.2, 0) is 9.59 Å². The van der Waals surface area contributed by atoms with E-state index in [4.69, 9.17) is 11.6 Å². The van der Waals surface area contributed by atoms with Gasteiger partial charge in [0.2, 0.25) is 11.8 Å². The first-order valence-electron chi connectivity index (χ1n) is 7.16. The second kappa shape index (κ2) is 8.79. The fraction of sp³-hybridized carbons (Fsp3) is 0.118. The number of nitrogens with zero attached hydrogens (tertiary/aromatic N) is 1. The quantitative estimate of drug-likeness (QED) is 0.621. The molecule has 0 radical (unpaired) electrons. The number of hydrazone groups is 1. The molecular weight excluding hydrogens is 333 g/mol. The Morgan fingerprint density at radius 3 is 2.42 bits per heavy atom. The zero-order valence-electron chi connectivity index (χ0n) is 12.6. The number of rotatable bonds is 6. The summed E-state index contributed by atoms with van der Waals surface area (Å²) in [5, 5.41) is 6.80. The summed E-state index contributed by atoms with van der Waals surface area (Å²) in [6.45, 7) is 0. The van der Waals surface area contributed by atoms with Crippen LogP contribution in [0.2, 0.25) is 5.02 Å². The number of hydrogen-bond acceptors (Lipinski definition) is 3. The number of carbonyl (C=O) groups excluding carboxylic acids is 2. The van der Waals surface area contributed by atoms with Crippen LogP contribution >= 0.6 is 11.6 Å². The standard InChI is InChI=1S/C17H15ClFN3O2/c18-13-7-5-12(6-8-13)11-20-22-17(24)10-9-16(23)21-15-4-2-1-3-14(15)19/h1-8,11H,9-10H2,(H,21,23)(H,22,24). The average molecular weight is 348 g/mol. The lowest BCUT2D eigenvalue weighted by Crippen LogP contribution is -2.20. The molecule has 0 aliphatic carbocycles. The van der Waals surface area contributed by atoms with Crippen molar-refractivity contribution in [2.45, 2.75) is 12.8 Å². The molecule has 0 saturated heterocycles. The molecule has 124 valence electrons. The van der Waals surface area contributed by atoms with E-state index in [0.29, 0.717) is 5.02 Å². The number of benzene rings is 2. The van der Waals surface area contributed by atoms with E-state index >= 15 is 0 Å². The molecule has 0 spiro atoms. The molecule has 0 aromatic heterocycles. The maximum Gasteiger partial charge on any atom is 0.240 e. The predicted molar refractivity (Wildman–Crippen MR) is 91.5 cm³/mol. The molecule has 2 amide bonds. The zero-order chi connectivity index (χ0) is 17.4. The lowest BCUT2D eigenvalue weighted by Gasteiger charge is -2.05. The topological polar surface area (TPSA) is 70.6 Å².